The van der Waals surface area contributed by atoms with E-state index in [9.17, 15) is 0 Å². The summed E-state index contributed by atoms with van der Waals surface area (Å²) in [6.45, 7) is 3.08. The predicted molar refractivity (Wildman–Crippen MR) is 85.1 cm³/mol. The van der Waals surface area contributed by atoms with E-state index in [2.05, 4.69) is 29.3 Å². The molecule has 1 aliphatic heterocycles. The van der Waals surface area contributed by atoms with Crippen molar-refractivity contribution in [3.05, 3.63) is 33.8 Å². The van der Waals surface area contributed by atoms with Crippen LogP contribution in [0.5, 0.6) is 0 Å². The van der Waals surface area contributed by atoms with Crippen LogP contribution in [0, 0.1) is 0 Å². The monoisotopic (exact) mass is 316 g/mol. The molecule has 0 spiro atoms. The summed E-state index contributed by atoms with van der Waals surface area (Å²) >= 11 is 12.4. The highest BCUT2D eigenvalue weighted by Crippen LogP contribution is 2.30. The van der Waals surface area contributed by atoms with Crippen molar-refractivity contribution < 1.29 is 0 Å². The van der Waals surface area contributed by atoms with Gasteiger partial charge in [-0.1, -0.05) is 23.2 Å². The van der Waals surface area contributed by atoms with Crippen molar-refractivity contribution in [2.75, 3.05) is 33.7 Å². The summed E-state index contributed by atoms with van der Waals surface area (Å²) in [4.78, 5) is 4.67. The Morgan fingerprint density at radius 1 is 1.30 bits per heavy atom. The molecule has 112 valence electrons. The Bertz CT molecular complexity index is 455. The number of rotatable bonds is 3. The molecule has 1 saturated heterocycles. The number of nitrogens with one attached hydrogen (secondary N) is 1. The maximum atomic E-state index is 6.33. The molecule has 1 heterocycles. The van der Waals surface area contributed by atoms with Crippen LogP contribution in [0.25, 0.3) is 0 Å². The number of hydrogen-bond acceptors (Lipinski definition) is 4. The van der Waals surface area contributed by atoms with Gasteiger partial charge < -0.3 is 9.80 Å². The van der Waals surface area contributed by atoms with Gasteiger partial charge in [0.05, 0.1) is 6.04 Å². The molecular weight excluding hydrogens is 295 g/mol. The Kier molecular flexibility index (Phi) is 5.66. The molecule has 1 aliphatic rings. The van der Waals surface area contributed by atoms with Gasteiger partial charge in [0.25, 0.3) is 0 Å². The molecule has 2 rings (SSSR count). The molecule has 3 N–H and O–H groups in total. The maximum absolute atomic E-state index is 6.33. The highest BCUT2D eigenvalue weighted by molar-refractivity contribution is 6.33. The third-order valence-electron chi connectivity index (χ3n) is 3.97. The lowest BCUT2D eigenvalue weighted by molar-refractivity contribution is 0.178. The first-order valence-electron chi connectivity index (χ1n) is 6.82. The smallest absolute Gasteiger partial charge is 0.0642 e. The summed E-state index contributed by atoms with van der Waals surface area (Å²) in [6, 6.07) is 5.72. The lowest BCUT2D eigenvalue weighted by atomic mass is 9.98. The zero-order valence-electron chi connectivity index (χ0n) is 11.9. The van der Waals surface area contributed by atoms with Gasteiger partial charge in [-0.2, -0.15) is 0 Å². The molecule has 6 heteroatoms. The van der Waals surface area contributed by atoms with E-state index in [-0.39, 0.29) is 12.1 Å². The number of likely N-dealkylation sites (N-methyl/N-ethyl adjacent to an activating group) is 2. The number of hydrogen-bond donors (Lipinski definition) is 2. The van der Waals surface area contributed by atoms with Gasteiger partial charge in [0.1, 0.15) is 0 Å². The van der Waals surface area contributed by atoms with E-state index in [4.69, 9.17) is 29.0 Å². The summed E-state index contributed by atoms with van der Waals surface area (Å²) in [5, 5.41) is 1.37. The van der Waals surface area contributed by atoms with E-state index >= 15 is 0 Å². The summed E-state index contributed by atoms with van der Waals surface area (Å²) in [5.74, 6) is 5.82. The normalized spacial score (nSPS) is 23.6. The second kappa shape index (κ2) is 7.07. The second-order valence-corrected chi connectivity index (χ2v) is 6.32. The molecular formula is C14H22Cl2N4. The van der Waals surface area contributed by atoms with Crippen molar-refractivity contribution in [3.63, 3.8) is 0 Å². The first kappa shape index (κ1) is 16.0. The first-order chi connectivity index (χ1) is 9.52. The van der Waals surface area contributed by atoms with E-state index in [1.807, 2.05) is 12.1 Å². The van der Waals surface area contributed by atoms with E-state index in [0.717, 1.165) is 31.6 Å². The average Bonchev–Trinajstić information content (AvgIpc) is 2.57. The van der Waals surface area contributed by atoms with Crippen LogP contribution in [-0.4, -0.2) is 49.6 Å². The summed E-state index contributed by atoms with van der Waals surface area (Å²) in [6.07, 6.45) is 1.16. The number of nitrogens with zero attached hydrogens (tertiary/aromatic N) is 2. The van der Waals surface area contributed by atoms with Gasteiger partial charge in [0.15, 0.2) is 0 Å². The molecule has 1 aromatic carbocycles. The highest BCUT2D eigenvalue weighted by atomic mass is 35.5. The van der Waals surface area contributed by atoms with Gasteiger partial charge in [-0.15, -0.1) is 0 Å². The lowest BCUT2D eigenvalue weighted by Gasteiger charge is -2.34. The molecule has 2 unspecified atom stereocenters. The van der Waals surface area contributed by atoms with Crippen LogP contribution >= 0.6 is 23.2 Å². The second-order valence-electron chi connectivity index (χ2n) is 5.47. The van der Waals surface area contributed by atoms with Crippen molar-refractivity contribution in [2.45, 2.75) is 18.5 Å². The van der Waals surface area contributed by atoms with Crippen molar-refractivity contribution in [1.29, 1.82) is 0 Å². The zero-order chi connectivity index (χ0) is 14.7. The highest BCUT2D eigenvalue weighted by Gasteiger charge is 2.30. The molecule has 0 aliphatic carbocycles. The largest absolute Gasteiger partial charge is 0.305 e. The average molecular weight is 317 g/mol. The Morgan fingerprint density at radius 3 is 2.75 bits per heavy atom. The molecule has 0 amide bonds. The number of hydrazine groups is 1. The molecule has 0 aromatic heterocycles. The Hall–Kier alpha value is -0.360. The number of nitrogens with two attached hydrogens (primary N) is 1. The van der Waals surface area contributed by atoms with Crippen molar-refractivity contribution in [1.82, 2.24) is 15.2 Å². The quantitative estimate of drug-likeness (QED) is 0.662. The van der Waals surface area contributed by atoms with Crippen LogP contribution in [0.4, 0.5) is 0 Å². The summed E-state index contributed by atoms with van der Waals surface area (Å²) in [5.41, 5.74) is 3.88. The van der Waals surface area contributed by atoms with Crippen LogP contribution in [-0.2, 0) is 0 Å². The molecule has 0 saturated carbocycles. The van der Waals surface area contributed by atoms with Crippen molar-refractivity contribution >= 4 is 23.2 Å². The Morgan fingerprint density at radius 2 is 2.05 bits per heavy atom. The van der Waals surface area contributed by atoms with Crippen molar-refractivity contribution in [2.24, 2.45) is 5.84 Å². The fourth-order valence-electron chi connectivity index (χ4n) is 2.83. The lowest BCUT2D eigenvalue weighted by Crippen LogP contribution is -2.49. The number of benzene rings is 1. The topological polar surface area (TPSA) is 44.5 Å². The van der Waals surface area contributed by atoms with Crippen LogP contribution in [0.15, 0.2) is 18.2 Å². The molecule has 0 radical (unpaired) electrons. The first-order valence-corrected chi connectivity index (χ1v) is 7.58. The van der Waals surface area contributed by atoms with Gasteiger partial charge in [-0.25, -0.2) is 0 Å². The SMILES string of the molecule is CN1CCCN(C)C(C(NN)c2cc(Cl)ccc2Cl)C1. The van der Waals surface area contributed by atoms with Crippen molar-refractivity contribution in [3.8, 4) is 0 Å². The Labute approximate surface area is 130 Å². The van der Waals surface area contributed by atoms with E-state index < -0.39 is 0 Å². The molecule has 2 atom stereocenters. The number of halogens is 2. The standard InChI is InChI=1S/C14H22Cl2N4/c1-19-6-3-7-20(2)13(9-19)14(18-17)11-8-10(15)4-5-12(11)16/h4-5,8,13-14,18H,3,6-7,9,17H2,1-2H3. The Balaban J connectivity index is 2.32. The molecule has 1 fully saturated rings. The fourth-order valence-corrected chi connectivity index (χ4v) is 3.24. The van der Waals surface area contributed by atoms with Gasteiger partial charge in [-0.05, 0) is 57.4 Å². The molecule has 4 nitrogen and oxygen atoms in total. The third kappa shape index (κ3) is 3.64. The summed E-state index contributed by atoms with van der Waals surface area (Å²) in [7, 11) is 4.27. The molecule has 20 heavy (non-hydrogen) atoms. The van der Waals surface area contributed by atoms with E-state index in [0.29, 0.717) is 10.0 Å². The van der Waals surface area contributed by atoms with E-state index in [1.165, 1.54) is 0 Å². The fraction of sp³-hybridized carbons (Fsp3) is 0.571. The van der Waals surface area contributed by atoms with Crippen LogP contribution < -0.4 is 11.3 Å². The van der Waals surface area contributed by atoms with Crippen LogP contribution in [0.2, 0.25) is 10.0 Å². The van der Waals surface area contributed by atoms with Gasteiger partial charge >= 0.3 is 0 Å². The minimum Gasteiger partial charge on any atom is -0.305 e. The van der Waals surface area contributed by atoms with Gasteiger partial charge in [-0.3, -0.25) is 11.3 Å². The minimum absolute atomic E-state index is 0.0493. The van der Waals surface area contributed by atoms with Gasteiger partial charge in [0.2, 0.25) is 0 Å². The molecule has 1 aromatic rings. The molecule has 0 bridgehead atoms. The van der Waals surface area contributed by atoms with Crippen LogP contribution in [0.1, 0.15) is 18.0 Å². The maximum Gasteiger partial charge on any atom is 0.0642 e. The third-order valence-corrected chi connectivity index (χ3v) is 4.55. The van der Waals surface area contributed by atoms with Crippen LogP contribution in [0.3, 0.4) is 0 Å². The minimum atomic E-state index is -0.0493. The zero-order valence-corrected chi connectivity index (χ0v) is 13.5. The summed E-state index contributed by atoms with van der Waals surface area (Å²) < 4.78 is 0. The van der Waals surface area contributed by atoms with Gasteiger partial charge in [0, 0.05) is 22.6 Å². The predicted octanol–water partition coefficient (Wildman–Crippen LogP) is 2.13. The van der Waals surface area contributed by atoms with E-state index in [1.54, 1.807) is 6.07 Å².